The van der Waals surface area contributed by atoms with Crippen LogP contribution in [0.3, 0.4) is 0 Å². The van der Waals surface area contributed by atoms with E-state index in [-0.39, 0.29) is 11.4 Å². The van der Waals surface area contributed by atoms with Crippen molar-refractivity contribution in [3.05, 3.63) is 89.4 Å². The zero-order valence-corrected chi connectivity index (χ0v) is 26.0. The number of carboxylic acids is 1. The number of nitrogens with zero attached hydrogens (tertiary/aromatic N) is 4. The first-order valence-electron chi connectivity index (χ1n) is 13.9. The van der Waals surface area contributed by atoms with Gasteiger partial charge in [0.25, 0.3) is 0 Å². The van der Waals surface area contributed by atoms with Crippen molar-refractivity contribution in [2.45, 2.75) is 63.2 Å². The minimum Gasteiger partial charge on any atom is -0.494 e. The highest BCUT2D eigenvalue weighted by Crippen LogP contribution is 2.45. The Labute approximate surface area is 255 Å². The number of aromatic nitrogens is 5. The quantitative estimate of drug-likeness (QED) is 0.165. The van der Waals surface area contributed by atoms with Crippen LogP contribution in [0.2, 0.25) is 0 Å². The van der Waals surface area contributed by atoms with E-state index in [0.29, 0.717) is 23.7 Å². The number of carbonyl (C=O) groups is 1. The lowest BCUT2D eigenvalue weighted by atomic mass is 9.95. The summed E-state index contributed by atoms with van der Waals surface area (Å²) in [4.78, 5) is 34.6. The average molecular weight is 598 g/mol. The van der Waals surface area contributed by atoms with E-state index in [1.807, 2.05) is 50.2 Å². The zero-order chi connectivity index (χ0) is 30.7. The second-order valence-corrected chi connectivity index (χ2v) is 13.2. The minimum atomic E-state index is -0.892. The molecule has 0 aliphatic heterocycles. The Morgan fingerprint density at radius 1 is 0.977 bits per heavy atom. The predicted molar refractivity (Wildman–Crippen MR) is 168 cm³/mol. The number of ether oxygens (including phenoxy) is 2. The Morgan fingerprint density at radius 2 is 1.70 bits per heavy atom. The van der Waals surface area contributed by atoms with Crippen LogP contribution < -0.4 is 9.47 Å². The van der Waals surface area contributed by atoms with Crippen molar-refractivity contribution in [2.75, 3.05) is 7.11 Å². The zero-order valence-electron chi connectivity index (χ0n) is 25.1. The number of hydrogen-bond acceptors (Lipinski definition) is 8. The van der Waals surface area contributed by atoms with Gasteiger partial charge < -0.3 is 19.6 Å². The van der Waals surface area contributed by atoms with E-state index < -0.39 is 11.9 Å². The number of nitrogens with one attached hydrogen (secondary N) is 1. The second-order valence-electron chi connectivity index (χ2n) is 11.4. The van der Waals surface area contributed by atoms with Gasteiger partial charge in [0.15, 0.2) is 11.6 Å². The van der Waals surface area contributed by atoms with Gasteiger partial charge in [-0.25, -0.2) is 9.97 Å². The third-order valence-electron chi connectivity index (χ3n) is 6.94. The predicted octanol–water partition coefficient (Wildman–Crippen LogP) is 6.92. The third-order valence-corrected chi connectivity index (χ3v) is 8.18. The lowest BCUT2D eigenvalue weighted by Crippen LogP contribution is -2.17. The van der Waals surface area contributed by atoms with Crippen LogP contribution in [-0.2, 0) is 17.8 Å². The molecule has 9 nitrogen and oxygen atoms in total. The number of rotatable bonds is 10. The summed E-state index contributed by atoms with van der Waals surface area (Å²) in [5, 5.41) is 11.4. The van der Waals surface area contributed by atoms with Gasteiger partial charge in [0.05, 0.1) is 37.1 Å². The first-order chi connectivity index (χ1) is 20.5. The molecule has 43 heavy (non-hydrogen) atoms. The Hall–Kier alpha value is -4.44. The number of hydrogen-bond donors (Lipinski definition) is 2. The van der Waals surface area contributed by atoms with Crippen molar-refractivity contribution in [1.29, 1.82) is 0 Å². The molecule has 1 unspecified atom stereocenters. The molecule has 0 fully saturated rings. The van der Waals surface area contributed by atoms with Crippen molar-refractivity contribution in [1.82, 2.24) is 24.9 Å². The maximum Gasteiger partial charge on any atom is 0.312 e. The van der Waals surface area contributed by atoms with Gasteiger partial charge in [-0.1, -0.05) is 45.0 Å². The average Bonchev–Trinajstić information content (AvgIpc) is 3.33. The van der Waals surface area contributed by atoms with Gasteiger partial charge in [-0.05, 0) is 38.0 Å². The topological polar surface area (TPSA) is 123 Å². The Morgan fingerprint density at radius 3 is 2.30 bits per heavy atom. The van der Waals surface area contributed by atoms with Gasteiger partial charge in [-0.2, -0.15) is 0 Å². The van der Waals surface area contributed by atoms with E-state index in [1.54, 1.807) is 43.7 Å². The van der Waals surface area contributed by atoms with Crippen LogP contribution in [0.4, 0.5) is 0 Å². The number of aromatic amines is 1. The smallest absolute Gasteiger partial charge is 0.312 e. The van der Waals surface area contributed by atoms with E-state index in [9.17, 15) is 9.90 Å². The standard InChI is InChI=1S/C33H35N5O4S/c1-19-14-35-23(15-34-19)18-42-27-12-11-26-28(20(27)2)30(43-33(3,4)5)29(38-26)25(32(39)40)13-21-7-9-22(10-8-21)31-36-16-24(41-6)17-37-31/h7-12,14-17,25,38H,13,18H2,1-6H3,(H,39,40). The van der Waals surface area contributed by atoms with Crippen molar-refractivity contribution >= 4 is 28.6 Å². The molecular formula is C33H35N5O4S. The number of fused-ring (bicyclic) bond motifs is 1. The van der Waals surface area contributed by atoms with Crippen LogP contribution in [-0.4, -0.2) is 47.9 Å². The molecule has 0 amide bonds. The van der Waals surface area contributed by atoms with Crippen molar-refractivity contribution in [3.63, 3.8) is 0 Å². The highest BCUT2D eigenvalue weighted by Gasteiger charge is 2.30. The Kier molecular flexibility index (Phi) is 8.68. The second kappa shape index (κ2) is 12.4. The normalized spacial score (nSPS) is 12.3. The molecule has 0 spiro atoms. The van der Waals surface area contributed by atoms with Crippen molar-refractivity contribution in [3.8, 4) is 22.9 Å². The first kappa shape index (κ1) is 30.0. The van der Waals surface area contributed by atoms with E-state index >= 15 is 0 Å². The van der Waals surface area contributed by atoms with Gasteiger partial charge in [-0.15, -0.1) is 11.8 Å². The number of aliphatic carboxylic acids is 1. The molecule has 10 heteroatoms. The number of methoxy groups -OCH3 is 1. The van der Waals surface area contributed by atoms with Crippen LogP contribution in [0.1, 0.15) is 54.9 Å². The van der Waals surface area contributed by atoms with Gasteiger partial charge in [0.2, 0.25) is 0 Å². The Balaban J connectivity index is 1.47. The molecular weight excluding hydrogens is 562 g/mol. The third kappa shape index (κ3) is 6.97. The van der Waals surface area contributed by atoms with E-state index in [4.69, 9.17) is 9.47 Å². The molecule has 5 rings (SSSR count). The summed E-state index contributed by atoms with van der Waals surface area (Å²) in [5.41, 5.74) is 5.83. The summed E-state index contributed by atoms with van der Waals surface area (Å²) in [6.45, 7) is 10.6. The van der Waals surface area contributed by atoms with Crippen LogP contribution in [0.5, 0.6) is 11.5 Å². The van der Waals surface area contributed by atoms with E-state index in [2.05, 4.69) is 45.7 Å². The van der Waals surface area contributed by atoms with Crippen molar-refractivity contribution in [2.24, 2.45) is 0 Å². The number of thioether (sulfide) groups is 1. The fraction of sp³-hybridized carbons (Fsp3) is 0.303. The number of benzene rings is 2. The number of carboxylic acid groups (broad SMARTS) is 1. The molecule has 0 bridgehead atoms. The number of aryl methyl sites for hydroxylation is 2. The minimum absolute atomic E-state index is 0.159. The molecule has 0 saturated carbocycles. The monoisotopic (exact) mass is 597 g/mol. The van der Waals surface area contributed by atoms with Crippen molar-refractivity contribution < 1.29 is 19.4 Å². The van der Waals surface area contributed by atoms with Gasteiger partial charge in [0.1, 0.15) is 18.3 Å². The van der Waals surface area contributed by atoms with Gasteiger partial charge in [0, 0.05) is 43.6 Å². The molecule has 222 valence electrons. The Bertz CT molecular complexity index is 1730. The highest BCUT2D eigenvalue weighted by atomic mass is 32.2. The summed E-state index contributed by atoms with van der Waals surface area (Å²) in [6.07, 6.45) is 6.99. The molecule has 0 aliphatic carbocycles. The molecule has 0 aliphatic rings. The van der Waals surface area contributed by atoms with Crippen LogP contribution in [0, 0.1) is 13.8 Å². The highest BCUT2D eigenvalue weighted by molar-refractivity contribution is 8.00. The maximum absolute atomic E-state index is 12.8. The molecule has 3 heterocycles. The largest absolute Gasteiger partial charge is 0.494 e. The van der Waals surface area contributed by atoms with Gasteiger partial charge in [-0.3, -0.25) is 14.8 Å². The van der Waals surface area contributed by atoms with Crippen LogP contribution in [0.15, 0.2) is 66.1 Å². The molecule has 2 aromatic carbocycles. The molecule has 5 aromatic rings. The maximum atomic E-state index is 12.8. The molecule has 2 N–H and O–H groups in total. The number of H-pyrrole nitrogens is 1. The summed E-state index contributed by atoms with van der Waals surface area (Å²) in [6, 6.07) is 11.6. The fourth-order valence-corrected chi connectivity index (χ4v) is 6.08. The molecule has 0 radical (unpaired) electrons. The first-order valence-corrected chi connectivity index (χ1v) is 14.8. The lowest BCUT2D eigenvalue weighted by molar-refractivity contribution is -0.138. The van der Waals surface area contributed by atoms with Crippen LogP contribution in [0.25, 0.3) is 22.3 Å². The van der Waals surface area contributed by atoms with Crippen LogP contribution >= 0.6 is 11.8 Å². The van der Waals surface area contributed by atoms with E-state index in [0.717, 1.165) is 49.6 Å². The van der Waals surface area contributed by atoms with Gasteiger partial charge >= 0.3 is 5.97 Å². The fourth-order valence-electron chi connectivity index (χ4n) is 4.79. The SMILES string of the molecule is COc1cnc(-c2ccc(CC(C(=O)O)c3[nH]c4ccc(OCc5cnc(C)cn5)c(C)c4c3SC(C)(C)C)cc2)nc1. The summed E-state index contributed by atoms with van der Waals surface area (Å²) < 4.78 is 11.2. The molecule has 3 aromatic heterocycles. The summed E-state index contributed by atoms with van der Waals surface area (Å²) in [5.74, 6) is 0.203. The molecule has 0 saturated heterocycles. The summed E-state index contributed by atoms with van der Waals surface area (Å²) >= 11 is 1.66. The molecule has 1 atom stereocenters. The van der Waals surface area contributed by atoms with E-state index in [1.165, 1.54) is 0 Å². The lowest BCUT2D eigenvalue weighted by Gasteiger charge is -2.21. The summed E-state index contributed by atoms with van der Waals surface area (Å²) in [7, 11) is 1.57.